The first-order valence-corrected chi connectivity index (χ1v) is 11.5. The predicted molar refractivity (Wildman–Crippen MR) is 106 cm³/mol. The number of rotatable bonds is 5. The van der Waals surface area contributed by atoms with Crippen LogP contribution in [0.2, 0.25) is 0 Å². The van der Waals surface area contributed by atoms with Gasteiger partial charge in [0.15, 0.2) is 16.1 Å². The van der Waals surface area contributed by atoms with Crippen molar-refractivity contribution in [3.8, 4) is 0 Å². The predicted octanol–water partition coefficient (Wildman–Crippen LogP) is 4.54. The summed E-state index contributed by atoms with van der Waals surface area (Å²) in [4.78, 5) is 4.41. The van der Waals surface area contributed by atoms with E-state index in [2.05, 4.69) is 9.71 Å². The van der Waals surface area contributed by atoms with Crippen LogP contribution in [0.5, 0.6) is 0 Å². The molecule has 1 aromatic carbocycles. The highest BCUT2D eigenvalue weighted by Gasteiger charge is 2.21. The smallest absolute Gasteiger partial charge is 0.195 e. The van der Waals surface area contributed by atoms with Crippen LogP contribution in [0, 0.1) is 0 Å². The summed E-state index contributed by atoms with van der Waals surface area (Å²) in [5, 5.41) is 3.55. The molecule has 3 rings (SSSR count). The Morgan fingerprint density at radius 1 is 1.21 bits per heavy atom. The Hall–Kier alpha value is -1.09. The zero-order chi connectivity index (χ0) is 17.3. The van der Waals surface area contributed by atoms with Crippen LogP contribution >= 0.6 is 22.7 Å². The summed E-state index contributed by atoms with van der Waals surface area (Å²) in [6.07, 6.45) is 0. The van der Waals surface area contributed by atoms with Gasteiger partial charge in [0.1, 0.15) is 4.21 Å². The number of thiophene rings is 1. The van der Waals surface area contributed by atoms with Gasteiger partial charge in [-0.3, -0.25) is 8.93 Å². The molecule has 2 aromatic heterocycles. The summed E-state index contributed by atoms with van der Waals surface area (Å²) >= 11 is 2.90. The maximum atomic E-state index is 12.5. The lowest BCUT2D eigenvalue weighted by molar-refractivity contribution is 0.648. The number of aromatic nitrogens is 1. The van der Waals surface area contributed by atoms with E-state index in [0.717, 1.165) is 20.0 Å². The van der Waals surface area contributed by atoms with Crippen molar-refractivity contribution >= 4 is 59.7 Å². The third-order valence-corrected chi connectivity index (χ3v) is 8.62. The second-order valence-electron chi connectivity index (χ2n) is 6.22. The molecule has 0 aliphatic heterocycles. The molecule has 0 aliphatic rings. The van der Waals surface area contributed by atoms with E-state index in [0.29, 0.717) is 10.9 Å². The largest absolute Gasteiger partial charge is 0.276 e. The maximum absolute atomic E-state index is 12.5. The number of nitrogens with one attached hydrogen (secondary N) is 1. The molecule has 0 aliphatic carbocycles. The van der Waals surface area contributed by atoms with Gasteiger partial charge in [-0.2, -0.15) is 0 Å². The molecule has 0 amide bonds. The number of fused-ring (bicyclic) bond motifs is 1. The van der Waals surface area contributed by atoms with Gasteiger partial charge in [0.2, 0.25) is 0 Å². The SMILES string of the molecule is CC(C)(C)S(=O)Cc1csc(NS(=O)c2cc3ccccc3s2)n1. The Morgan fingerprint density at radius 2 is 1.96 bits per heavy atom. The minimum atomic E-state index is -1.34. The third kappa shape index (κ3) is 4.11. The van der Waals surface area contributed by atoms with Crippen LogP contribution in [0.15, 0.2) is 39.9 Å². The van der Waals surface area contributed by atoms with Crippen molar-refractivity contribution in [2.24, 2.45) is 0 Å². The van der Waals surface area contributed by atoms with Gasteiger partial charge >= 0.3 is 0 Å². The minimum absolute atomic E-state index is 0.267. The highest BCUT2D eigenvalue weighted by Crippen LogP contribution is 2.29. The first-order valence-electron chi connectivity index (χ1n) is 7.33. The van der Waals surface area contributed by atoms with E-state index in [4.69, 9.17) is 0 Å². The van der Waals surface area contributed by atoms with E-state index in [1.54, 1.807) is 0 Å². The zero-order valence-corrected chi connectivity index (χ0v) is 16.8. The molecule has 2 unspecified atom stereocenters. The highest BCUT2D eigenvalue weighted by molar-refractivity contribution is 7.89. The molecule has 128 valence electrons. The van der Waals surface area contributed by atoms with Crippen molar-refractivity contribution < 1.29 is 8.42 Å². The number of nitrogens with zero attached hydrogens (tertiary/aromatic N) is 1. The van der Waals surface area contributed by atoms with Crippen molar-refractivity contribution in [2.45, 2.75) is 35.5 Å². The minimum Gasteiger partial charge on any atom is -0.276 e. The number of hydrogen-bond donors (Lipinski definition) is 1. The van der Waals surface area contributed by atoms with Crippen molar-refractivity contribution in [3.05, 3.63) is 41.4 Å². The van der Waals surface area contributed by atoms with E-state index in [1.807, 2.05) is 56.5 Å². The fourth-order valence-electron chi connectivity index (χ4n) is 1.95. The number of benzene rings is 1. The van der Waals surface area contributed by atoms with Crippen LogP contribution in [0.3, 0.4) is 0 Å². The van der Waals surface area contributed by atoms with Gasteiger partial charge in [-0.05, 0) is 38.3 Å². The molecule has 0 bridgehead atoms. The average Bonchev–Trinajstić information content (AvgIpc) is 3.12. The van der Waals surface area contributed by atoms with E-state index in [9.17, 15) is 8.42 Å². The van der Waals surface area contributed by atoms with Crippen molar-refractivity contribution in [3.63, 3.8) is 0 Å². The monoisotopic (exact) mass is 398 g/mol. The fourth-order valence-corrected chi connectivity index (χ4v) is 5.91. The molecule has 2 atom stereocenters. The molecule has 0 fully saturated rings. The van der Waals surface area contributed by atoms with Crippen LogP contribution < -0.4 is 4.72 Å². The molecular weight excluding hydrogens is 380 g/mol. The first-order chi connectivity index (χ1) is 11.3. The summed E-state index contributed by atoms with van der Waals surface area (Å²) in [6.45, 7) is 5.85. The molecular formula is C16H18N2O2S4. The Balaban J connectivity index is 1.70. The molecule has 0 radical (unpaired) electrons. The molecule has 0 saturated carbocycles. The van der Waals surface area contributed by atoms with Gasteiger partial charge in [-0.25, -0.2) is 9.19 Å². The Kier molecular flexibility index (Phi) is 5.19. The van der Waals surface area contributed by atoms with E-state index >= 15 is 0 Å². The van der Waals surface area contributed by atoms with Gasteiger partial charge in [0, 0.05) is 25.6 Å². The lowest BCUT2D eigenvalue weighted by Gasteiger charge is -2.16. The second kappa shape index (κ2) is 7.03. The molecule has 3 aromatic rings. The fraction of sp³-hybridized carbons (Fsp3) is 0.312. The molecule has 2 heterocycles. The lowest BCUT2D eigenvalue weighted by atomic mass is 10.3. The molecule has 0 saturated heterocycles. The highest BCUT2D eigenvalue weighted by atomic mass is 32.2. The topological polar surface area (TPSA) is 59.1 Å². The van der Waals surface area contributed by atoms with Gasteiger partial charge in [0.25, 0.3) is 0 Å². The van der Waals surface area contributed by atoms with E-state index < -0.39 is 21.8 Å². The van der Waals surface area contributed by atoms with Crippen LogP contribution in [-0.4, -0.2) is 18.1 Å². The standard InChI is InChI=1S/C16H18N2O2S4/c1-16(2,3)23(19)10-12-9-21-15(17-12)18-24(20)14-8-11-6-4-5-7-13(11)22-14/h4-9H,10H2,1-3H3,(H,17,18). The van der Waals surface area contributed by atoms with Gasteiger partial charge in [0.05, 0.1) is 11.4 Å². The molecule has 24 heavy (non-hydrogen) atoms. The number of anilines is 1. The van der Waals surface area contributed by atoms with Crippen LogP contribution in [-0.2, 0) is 27.5 Å². The van der Waals surface area contributed by atoms with Crippen LogP contribution in [0.4, 0.5) is 5.13 Å². The molecule has 1 N–H and O–H groups in total. The van der Waals surface area contributed by atoms with Crippen molar-refractivity contribution in [2.75, 3.05) is 4.72 Å². The molecule has 4 nitrogen and oxygen atoms in total. The number of thiazole rings is 1. The first kappa shape index (κ1) is 17.7. The zero-order valence-electron chi connectivity index (χ0n) is 13.6. The van der Waals surface area contributed by atoms with E-state index in [-0.39, 0.29) is 4.75 Å². The normalized spacial score (nSPS) is 14.6. The van der Waals surface area contributed by atoms with Crippen LogP contribution in [0.1, 0.15) is 26.5 Å². The van der Waals surface area contributed by atoms with Gasteiger partial charge < -0.3 is 0 Å². The Morgan fingerprint density at radius 3 is 2.67 bits per heavy atom. The quantitative estimate of drug-likeness (QED) is 0.686. The third-order valence-electron chi connectivity index (χ3n) is 3.28. The molecule has 8 heteroatoms. The Bertz CT molecular complexity index is 875. The maximum Gasteiger partial charge on any atom is 0.195 e. The summed E-state index contributed by atoms with van der Waals surface area (Å²) in [6, 6.07) is 9.91. The molecule has 0 spiro atoms. The summed E-state index contributed by atoms with van der Waals surface area (Å²) < 4.78 is 29.2. The second-order valence-corrected chi connectivity index (χ2v) is 11.8. The van der Waals surface area contributed by atoms with Gasteiger partial charge in [-0.1, -0.05) is 18.2 Å². The number of hydrogen-bond acceptors (Lipinski definition) is 5. The van der Waals surface area contributed by atoms with Gasteiger partial charge in [-0.15, -0.1) is 22.7 Å². The summed E-state index contributed by atoms with van der Waals surface area (Å²) in [5.74, 6) is 0.414. The lowest BCUT2D eigenvalue weighted by Crippen LogP contribution is -2.23. The van der Waals surface area contributed by atoms with Crippen molar-refractivity contribution in [1.82, 2.24) is 4.98 Å². The average molecular weight is 399 g/mol. The summed E-state index contributed by atoms with van der Waals surface area (Å²) in [5.41, 5.74) is 0.768. The van der Waals surface area contributed by atoms with E-state index in [1.165, 1.54) is 22.7 Å². The Labute approximate surface area is 154 Å². The summed E-state index contributed by atoms with van der Waals surface area (Å²) in [7, 11) is -2.33. The van der Waals surface area contributed by atoms with Crippen LogP contribution in [0.25, 0.3) is 10.1 Å². The van der Waals surface area contributed by atoms with Crippen molar-refractivity contribution in [1.29, 1.82) is 0 Å².